The van der Waals surface area contributed by atoms with Crippen LogP contribution in [0.3, 0.4) is 0 Å². The Bertz CT molecular complexity index is 2730. The number of benzene rings is 4. The van der Waals surface area contributed by atoms with Crippen molar-refractivity contribution in [2.75, 3.05) is 20.8 Å². The van der Waals surface area contributed by atoms with Crippen molar-refractivity contribution in [3.05, 3.63) is 105 Å². The van der Waals surface area contributed by atoms with Crippen LogP contribution in [0, 0.1) is 6.92 Å². The number of fused-ring (bicyclic) bond motifs is 5. The second-order valence-electron chi connectivity index (χ2n) is 17.1. The van der Waals surface area contributed by atoms with Crippen LogP contribution in [-0.4, -0.2) is 162 Å². The fourth-order valence-corrected chi connectivity index (χ4v) is 9.33. The molecule has 0 saturated carbocycles. The lowest BCUT2D eigenvalue weighted by Crippen LogP contribution is -2.66. The quantitative estimate of drug-likeness (QED) is 0.0931. The molecule has 4 aromatic carbocycles. The summed E-state index contributed by atoms with van der Waals surface area (Å²) in [6.07, 6.45) is -17.1. The summed E-state index contributed by atoms with van der Waals surface area (Å²) in [6.45, 7) is 3.55. The topological polar surface area (TPSA) is 329 Å². The van der Waals surface area contributed by atoms with Gasteiger partial charge >= 0.3 is 5.97 Å². The number of carbonyl (C=O) groups is 5. The molecule has 4 aliphatic rings. The number of carboxylic acids is 1. The maximum Gasteiger partial charge on any atom is 0.325 e. The van der Waals surface area contributed by atoms with E-state index in [0.29, 0.717) is 0 Å². The average molecular weight is 945 g/mol. The van der Waals surface area contributed by atoms with Crippen molar-refractivity contribution < 1.29 is 93.6 Å². The van der Waals surface area contributed by atoms with E-state index in [1.54, 1.807) is 30.3 Å². The number of aliphatic hydroxyl groups excluding tert-OH is 5. The summed E-state index contributed by atoms with van der Waals surface area (Å²) in [5.41, 5.74) is -3.50. The smallest absolute Gasteiger partial charge is 0.325 e. The van der Waals surface area contributed by atoms with Crippen LogP contribution < -0.4 is 10.1 Å². The van der Waals surface area contributed by atoms with Gasteiger partial charge in [0.25, 0.3) is 11.8 Å². The van der Waals surface area contributed by atoms with Gasteiger partial charge in [0.15, 0.2) is 24.1 Å². The largest absolute Gasteiger partial charge is 0.507 e. The first-order valence-electron chi connectivity index (χ1n) is 21.3. The Morgan fingerprint density at radius 1 is 0.809 bits per heavy atom. The number of aliphatic carboxylic acids is 1. The lowest BCUT2D eigenvalue weighted by atomic mass is 9.74. The van der Waals surface area contributed by atoms with E-state index in [-0.39, 0.29) is 33.6 Å². The Morgan fingerprint density at radius 2 is 1.46 bits per heavy atom. The number of ether oxygens (including phenoxy) is 5. The Kier molecular flexibility index (Phi) is 12.8. The summed E-state index contributed by atoms with van der Waals surface area (Å²) in [4.78, 5) is 68.9. The van der Waals surface area contributed by atoms with E-state index in [0.717, 1.165) is 12.1 Å². The fourth-order valence-electron chi connectivity index (χ4n) is 9.33. The van der Waals surface area contributed by atoms with Gasteiger partial charge in [-0.15, -0.1) is 0 Å². The predicted octanol–water partition coefficient (Wildman–Crippen LogP) is 0.941. The molecule has 360 valence electrons. The Hall–Kier alpha value is -6.53. The normalized spacial score (nSPS) is 27.8. The van der Waals surface area contributed by atoms with Crippen molar-refractivity contribution >= 4 is 29.4 Å². The highest BCUT2D eigenvalue weighted by atomic mass is 16.7. The van der Waals surface area contributed by atoms with Crippen LogP contribution in [0.5, 0.6) is 23.0 Å². The number of carbonyl (C=O) groups excluding carboxylic acids is 4. The number of nitrogens with one attached hydrogen (secondary N) is 1. The van der Waals surface area contributed by atoms with E-state index in [9.17, 15) is 69.9 Å². The third-order valence-corrected chi connectivity index (χ3v) is 12.8. The predicted molar refractivity (Wildman–Crippen MR) is 230 cm³/mol. The molecular formula is C47H48N2O19. The third-order valence-electron chi connectivity index (χ3n) is 12.8. The minimum absolute atomic E-state index is 0.00269. The molecule has 21 nitrogen and oxygen atoms in total. The fraction of sp³-hybridized carbons (Fsp3) is 0.383. The van der Waals surface area contributed by atoms with Crippen molar-refractivity contribution in [2.45, 2.75) is 94.3 Å². The van der Waals surface area contributed by atoms with E-state index in [2.05, 4.69) is 5.32 Å². The molecule has 2 aliphatic heterocycles. The second kappa shape index (κ2) is 18.2. The molecular weight excluding hydrogens is 897 g/mol. The van der Waals surface area contributed by atoms with Gasteiger partial charge < -0.3 is 79.9 Å². The van der Waals surface area contributed by atoms with Gasteiger partial charge in [0.05, 0.1) is 42.6 Å². The number of likely N-dealkylation sites (N-methyl/N-ethyl adjacent to an activating group) is 1. The lowest BCUT2D eigenvalue weighted by molar-refractivity contribution is -0.344. The third kappa shape index (κ3) is 7.90. The van der Waals surface area contributed by atoms with E-state index in [1.165, 1.54) is 52.0 Å². The first-order chi connectivity index (χ1) is 32.2. The molecule has 2 heterocycles. The highest BCUT2D eigenvalue weighted by molar-refractivity contribution is 6.31. The molecule has 0 radical (unpaired) electrons. The maximum atomic E-state index is 14.2. The molecule has 0 spiro atoms. The molecule has 2 fully saturated rings. The van der Waals surface area contributed by atoms with Gasteiger partial charge in [0.1, 0.15) is 71.8 Å². The van der Waals surface area contributed by atoms with Crippen molar-refractivity contribution in [1.29, 1.82) is 0 Å². The Labute approximate surface area is 386 Å². The van der Waals surface area contributed by atoms with Crippen LogP contribution in [0.4, 0.5) is 0 Å². The summed E-state index contributed by atoms with van der Waals surface area (Å²) in [5, 5.41) is 103. The molecule has 10 N–H and O–H groups in total. The highest BCUT2D eigenvalue weighted by Gasteiger charge is 2.53. The maximum absolute atomic E-state index is 14.2. The molecule has 2 saturated heterocycles. The van der Waals surface area contributed by atoms with Crippen LogP contribution in [0.15, 0.2) is 54.6 Å². The first-order valence-corrected chi connectivity index (χ1v) is 21.3. The molecule has 21 heteroatoms. The van der Waals surface area contributed by atoms with Crippen molar-refractivity contribution in [2.24, 2.45) is 0 Å². The van der Waals surface area contributed by atoms with Gasteiger partial charge in [-0.25, -0.2) is 0 Å². The van der Waals surface area contributed by atoms with E-state index in [1.807, 2.05) is 0 Å². The molecule has 12 atom stereocenters. The number of aromatic hydroxyl groups is 3. The van der Waals surface area contributed by atoms with E-state index < -0.39 is 160 Å². The zero-order chi connectivity index (χ0) is 49.4. The molecule has 0 unspecified atom stereocenters. The number of carboxylic acid groups (broad SMARTS) is 1. The standard InChI is InChI=1S/C47H48N2O19/c1-16-11-24-30(37(56)27(16)43(60)48-17(2)45(62)63)29-22(14-23-31(38(29)57)34(53)21-12-20(64-5)13-25(50)28(21)33(23)52)35(54)41(24)67-47-40(59)42(68-46-39(58)36(55)26(51)15-65-46)32(18(3)66-47)49(4)44(61)19-9-7-6-8-10-19/h6-14,17-18,26,32,35-36,39-42,46-47,50-51,54-59H,15H2,1-5H3,(H,48,60)(H,62,63)/t17-,18-,26-,32+,35+,36+,39-,40-,41+,42+,46+,47+/m1/s1. The summed E-state index contributed by atoms with van der Waals surface area (Å²) >= 11 is 0. The van der Waals surface area contributed by atoms with Crippen molar-refractivity contribution in [3.63, 3.8) is 0 Å². The molecule has 0 bridgehead atoms. The molecule has 0 aromatic heterocycles. The van der Waals surface area contributed by atoms with E-state index >= 15 is 0 Å². The van der Waals surface area contributed by atoms with Crippen LogP contribution in [0.1, 0.15) is 95.3 Å². The van der Waals surface area contributed by atoms with Gasteiger partial charge in [-0.2, -0.15) is 0 Å². The molecule has 2 amide bonds. The number of amides is 2. The zero-order valence-electron chi connectivity index (χ0n) is 36.9. The number of phenolic OH excluding ortho intramolecular Hbond substituents is 3. The van der Waals surface area contributed by atoms with Crippen LogP contribution in [0.2, 0.25) is 0 Å². The molecule has 2 aliphatic carbocycles. The van der Waals surface area contributed by atoms with Gasteiger partial charge in [-0.05, 0) is 61.7 Å². The average Bonchev–Trinajstić information content (AvgIpc) is 3.30. The van der Waals surface area contributed by atoms with Gasteiger partial charge in [-0.3, -0.25) is 24.0 Å². The van der Waals surface area contributed by atoms with Crippen molar-refractivity contribution in [3.8, 4) is 34.1 Å². The van der Waals surface area contributed by atoms with Crippen LogP contribution in [-0.2, 0) is 23.7 Å². The number of ketones is 2. The number of rotatable bonds is 10. The van der Waals surface area contributed by atoms with Gasteiger partial charge in [-0.1, -0.05) is 24.3 Å². The minimum Gasteiger partial charge on any atom is -0.507 e. The SMILES string of the molecule is COc1cc(O)c2c(c1)C(=O)c1c(cc3c(c1O)-c1c(cc(C)c(C(=O)N[C@H](C)C(=O)O)c1O)[C@H](O[C@@H]1O[C@H](C)[C@H](N(C)C(=O)c4ccccc4)[C@H](O[C@@H]4OC[C@@H](O)[C@H](O)[C@H]4O)[C@H]1O)[C@H]3O)C2=O. The highest BCUT2D eigenvalue weighted by Crippen LogP contribution is 2.57. The number of phenols is 3. The molecule has 68 heavy (non-hydrogen) atoms. The number of hydrogen-bond acceptors (Lipinski definition) is 18. The van der Waals surface area contributed by atoms with Gasteiger partial charge in [0.2, 0.25) is 0 Å². The Balaban J connectivity index is 1.25. The first kappa shape index (κ1) is 47.9. The van der Waals surface area contributed by atoms with Crippen LogP contribution >= 0.6 is 0 Å². The molecule has 8 rings (SSSR count). The number of nitrogens with zero attached hydrogens (tertiary/aromatic N) is 1. The molecule has 4 aromatic rings. The number of aliphatic hydroxyl groups is 5. The van der Waals surface area contributed by atoms with Crippen molar-refractivity contribution in [1.82, 2.24) is 10.2 Å². The summed E-state index contributed by atoms with van der Waals surface area (Å²) in [7, 11) is 2.66. The number of methoxy groups -OCH3 is 1. The zero-order valence-corrected chi connectivity index (χ0v) is 36.9. The van der Waals surface area contributed by atoms with Gasteiger partial charge in [0, 0.05) is 40.9 Å². The number of hydrogen-bond donors (Lipinski definition) is 10. The lowest BCUT2D eigenvalue weighted by Gasteiger charge is -2.49. The summed E-state index contributed by atoms with van der Waals surface area (Å²) < 4.78 is 29.5. The van der Waals surface area contributed by atoms with E-state index in [4.69, 9.17) is 23.7 Å². The Morgan fingerprint density at radius 3 is 2.12 bits per heavy atom. The summed E-state index contributed by atoms with van der Waals surface area (Å²) in [6, 6.07) is 10.00. The monoisotopic (exact) mass is 944 g/mol. The number of aryl methyl sites for hydroxylation is 1. The summed E-state index contributed by atoms with van der Waals surface area (Å²) in [5.74, 6) is -7.40. The minimum atomic E-state index is -1.97. The van der Waals surface area contributed by atoms with Crippen LogP contribution in [0.25, 0.3) is 11.1 Å². The second-order valence-corrected chi connectivity index (χ2v) is 17.1.